The van der Waals surface area contributed by atoms with Crippen LogP contribution in [0.4, 0.5) is 34.1 Å². The fourth-order valence-corrected chi connectivity index (χ4v) is 9.68. The van der Waals surface area contributed by atoms with Gasteiger partial charge in [-0.25, -0.2) is 0 Å². The average Bonchev–Trinajstić information content (AvgIpc) is 3.65. The van der Waals surface area contributed by atoms with Gasteiger partial charge in [0.25, 0.3) is 6.71 Å². The van der Waals surface area contributed by atoms with Crippen molar-refractivity contribution >= 4 is 79.0 Å². The Morgan fingerprint density at radius 3 is 1.97 bits per heavy atom. The SMILES string of the molecule is Cc1ccc(N(c2ccc3c(c2)Oc2ccc(-c4ccccc4)c4c2B3c2ccccc2N4c2ccccc2)c2cccc3c4ccccc4n(-c4ccccc4)c23)cc1. The Bertz CT molecular complexity index is 3250. The van der Waals surface area contributed by atoms with Crippen molar-refractivity contribution in [1.82, 2.24) is 4.57 Å². The lowest BCUT2D eigenvalue weighted by Crippen LogP contribution is -2.59. The Hall–Kier alpha value is -7.76. The minimum atomic E-state index is -0.0375. The molecule has 0 N–H and O–H groups in total. The second-order valence-electron chi connectivity index (χ2n) is 15.8. The Morgan fingerprint density at radius 2 is 1.17 bits per heavy atom. The van der Waals surface area contributed by atoms with Crippen LogP contribution in [0.3, 0.4) is 0 Å². The quantitative estimate of drug-likeness (QED) is 0.157. The van der Waals surface area contributed by atoms with E-state index in [1.165, 1.54) is 49.6 Å². The standard InChI is InChI=1S/C55H38BN3O/c1-37-28-30-41(31-29-37)57(50-27-15-23-45-44-22-11-13-25-48(44)58(54(45)50)39-18-7-3-8-19-39)42-32-34-47-52(36-42)60-51-35-33-43(38-16-5-2-6-17-38)55-53(51)56(47)46-24-12-14-26-49(46)59(55)40-20-9-4-10-21-40/h2-36H,1H3. The third-order valence-electron chi connectivity index (χ3n) is 12.3. The summed E-state index contributed by atoms with van der Waals surface area (Å²) < 4.78 is 9.58. The number of ether oxygens (including phenoxy) is 1. The van der Waals surface area contributed by atoms with Crippen molar-refractivity contribution in [2.45, 2.75) is 6.92 Å². The first kappa shape index (κ1) is 34.3. The molecule has 60 heavy (non-hydrogen) atoms. The minimum absolute atomic E-state index is 0.0375. The fraction of sp³-hybridized carbons (Fsp3) is 0.0182. The average molecular weight is 768 g/mol. The molecule has 0 atom stereocenters. The molecule has 0 aliphatic carbocycles. The van der Waals surface area contributed by atoms with Crippen molar-refractivity contribution in [1.29, 1.82) is 0 Å². The second-order valence-corrected chi connectivity index (χ2v) is 15.8. The molecule has 0 saturated heterocycles. The van der Waals surface area contributed by atoms with E-state index in [0.29, 0.717) is 0 Å². The van der Waals surface area contributed by atoms with Crippen molar-refractivity contribution in [3.8, 4) is 28.3 Å². The lowest BCUT2D eigenvalue weighted by Gasteiger charge is -2.41. The van der Waals surface area contributed by atoms with Crippen LogP contribution in [0.5, 0.6) is 11.5 Å². The van der Waals surface area contributed by atoms with E-state index in [2.05, 4.69) is 234 Å². The number of nitrogens with zero attached hydrogens (tertiary/aromatic N) is 3. The molecule has 2 aliphatic heterocycles. The number of benzene rings is 9. The van der Waals surface area contributed by atoms with Crippen molar-refractivity contribution < 1.29 is 4.74 Å². The van der Waals surface area contributed by atoms with Crippen LogP contribution < -0.4 is 30.9 Å². The zero-order valence-corrected chi connectivity index (χ0v) is 33.0. The van der Waals surface area contributed by atoms with Crippen LogP contribution in [0, 0.1) is 6.92 Å². The van der Waals surface area contributed by atoms with Gasteiger partial charge < -0.3 is 19.1 Å². The molecule has 1 aromatic heterocycles. The molecule has 3 heterocycles. The number of para-hydroxylation sites is 5. The maximum Gasteiger partial charge on any atom is 0.256 e. The molecule has 0 saturated carbocycles. The van der Waals surface area contributed by atoms with Crippen molar-refractivity contribution in [3.05, 3.63) is 218 Å². The van der Waals surface area contributed by atoms with E-state index in [1.807, 2.05) is 0 Å². The van der Waals surface area contributed by atoms with E-state index >= 15 is 0 Å². The first-order chi connectivity index (χ1) is 29.7. The zero-order valence-electron chi connectivity index (χ0n) is 33.0. The summed E-state index contributed by atoms with van der Waals surface area (Å²) in [5.74, 6) is 1.74. The van der Waals surface area contributed by atoms with Crippen molar-refractivity contribution in [2.75, 3.05) is 9.80 Å². The zero-order chi connectivity index (χ0) is 39.7. The van der Waals surface area contributed by atoms with Gasteiger partial charge in [0.2, 0.25) is 0 Å². The molecule has 2 aliphatic rings. The summed E-state index contributed by atoms with van der Waals surface area (Å²) in [6, 6.07) is 76.6. The van der Waals surface area contributed by atoms with Crippen LogP contribution in [0.15, 0.2) is 212 Å². The molecule has 0 spiro atoms. The molecule has 0 amide bonds. The minimum Gasteiger partial charge on any atom is -0.458 e. The number of rotatable bonds is 6. The van der Waals surface area contributed by atoms with Gasteiger partial charge in [-0.3, -0.25) is 0 Å². The van der Waals surface area contributed by atoms with E-state index in [-0.39, 0.29) is 6.71 Å². The highest BCUT2D eigenvalue weighted by Crippen LogP contribution is 2.48. The Balaban J connectivity index is 1.09. The molecule has 5 heteroatoms. The lowest BCUT2D eigenvalue weighted by atomic mass is 9.34. The third kappa shape index (κ3) is 5.26. The highest BCUT2D eigenvalue weighted by molar-refractivity contribution is 6.99. The summed E-state index contributed by atoms with van der Waals surface area (Å²) in [5.41, 5.74) is 17.2. The maximum absolute atomic E-state index is 7.17. The summed E-state index contributed by atoms with van der Waals surface area (Å²) in [4.78, 5) is 4.83. The summed E-state index contributed by atoms with van der Waals surface area (Å²) in [6.45, 7) is 2.11. The summed E-state index contributed by atoms with van der Waals surface area (Å²) in [6.07, 6.45) is 0. The van der Waals surface area contributed by atoms with E-state index in [9.17, 15) is 0 Å². The van der Waals surface area contributed by atoms with Gasteiger partial charge in [0, 0.05) is 50.8 Å². The Morgan fingerprint density at radius 1 is 0.500 bits per heavy atom. The molecule has 0 bridgehead atoms. The number of aryl methyl sites for hydroxylation is 1. The van der Waals surface area contributed by atoms with Gasteiger partial charge >= 0.3 is 0 Å². The third-order valence-corrected chi connectivity index (χ3v) is 12.3. The molecule has 0 unspecified atom stereocenters. The first-order valence-corrected chi connectivity index (χ1v) is 20.6. The summed E-state index contributed by atoms with van der Waals surface area (Å²) in [7, 11) is 0. The van der Waals surface area contributed by atoms with E-state index in [4.69, 9.17) is 4.74 Å². The number of hydrogen-bond donors (Lipinski definition) is 0. The van der Waals surface area contributed by atoms with Gasteiger partial charge in [0.1, 0.15) is 11.5 Å². The Labute approximate surface area is 349 Å². The molecule has 282 valence electrons. The van der Waals surface area contributed by atoms with E-state index < -0.39 is 0 Å². The first-order valence-electron chi connectivity index (χ1n) is 20.6. The van der Waals surface area contributed by atoms with Gasteiger partial charge in [0.05, 0.1) is 22.4 Å². The lowest BCUT2D eigenvalue weighted by molar-refractivity contribution is 0.487. The van der Waals surface area contributed by atoms with Gasteiger partial charge in [0.15, 0.2) is 0 Å². The van der Waals surface area contributed by atoms with Gasteiger partial charge in [-0.2, -0.15) is 0 Å². The molecular formula is C55H38BN3O. The van der Waals surface area contributed by atoms with Crippen LogP contribution in [-0.2, 0) is 0 Å². The normalized spacial score (nSPS) is 12.5. The van der Waals surface area contributed by atoms with Crippen LogP contribution >= 0.6 is 0 Å². The Kier molecular flexibility index (Phi) is 7.82. The predicted molar refractivity (Wildman–Crippen MR) is 251 cm³/mol. The molecule has 4 nitrogen and oxygen atoms in total. The van der Waals surface area contributed by atoms with Crippen molar-refractivity contribution in [2.24, 2.45) is 0 Å². The predicted octanol–water partition coefficient (Wildman–Crippen LogP) is 12.6. The van der Waals surface area contributed by atoms with Gasteiger partial charge in [-0.15, -0.1) is 0 Å². The second kappa shape index (κ2) is 13.7. The monoisotopic (exact) mass is 767 g/mol. The molecule has 0 radical (unpaired) electrons. The fourth-order valence-electron chi connectivity index (χ4n) is 9.68. The topological polar surface area (TPSA) is 20.6 Å². The maximum atomic E-state index is 7.17. The van der Waals surface area contributed by atoms with Crippen molar-refractivity contribution in [3.63, 3.8) is 0 Å². The molecule has 10 aromatic rings. The van der Waals surface area contributed by atoms with Crippen LogP contribution in [0.25, 0.3) is 38.6 Å². The highest BCUT2D eigenvalue weighted by atomic mass is 16.5. The van der Waals surface area contributed by atoms with Gasteiger partial charge in [-0.05, 0) is 102 Å². The summed E-state index contributed by atoms with van der Waals surface area (Å²) >= 11 is 0. The van der Waals surface area contributed by atoms with Crippen LogP contribution in [0.1, 0.15) is 5.56 Å². The van der Waals surface area contributed by atoms with Gasteiger partial charge in [-0.1, -0.05) is 139 Å². The molecule has 9 aromatic carbocycles. The highest BCUT2D eigenvalue weighted by Gasteiger charge is 2.43. The smallest absolute Gasteiger partial charge is 0.256 e. The summed E-state index contributed by atoms with van der Waals surface area (Å²) in [5, 5.41) is 2.43. The number of hydrogen-bond acceptors (Lipinski definition) is 3. The van der Waals surface area contributed by atoms with E-state index in [0.717, 1.165) is 56.6 Å². The number of aromatic nitrogens is 1. The van der Waals surface area contributed by atoms with Crippen LogP contribution in [-0.4, -0.2) is 11.3 Å². The molecule has 12 rings (SSSR count). The van der Waals surface area contributed by atoms with Crippen LogP contribution in [0.2, 0.25) is 0 Å². The number of anilines is 6. The number of fused-ring (bicyclic) bond motifs is 7. The molecule has 0 fully saturated rings. The molecular weight excluding hydrogens is 729 g/mol. The van der Waals surface area contributed by atoms with E-state index in [1.54, 1.807) is 0 Å². The largest absolute Gasteiger partial charge is 0.458 e.